The van der Waals surface area contributed by atoms with Gasteiger partial charge in [0.1, 0.15) is 0 Å². The summed E-state index contributed by atoms with van der Waals surface area (Å²) in [7, 11) is -2.67. The summed E-state index contributed by atoms with van der Waals surface area (Å²) in [6.45, 7) is 1.90. The molecule has 2 rings (SSSR count). The van der Waals surface area contributed by atoms with Crippen molar-refractivity contribution in [3.05, 3.63) is 0 Å². The summed E-state index contributed by atoms with van der Waals surface area (Å²) >= 11 is 0. The van der Waals surface area contributed by atoms with Crippen LogP contribution in [0.25, 0.3) is 0 Å². The molecule has 0 aromatic carbocycles. The Morgan fingerprint density at radius 3 is 2.50 bits per heavy atom. The molecule has 0 radical (unpaired) electrons. The third kappa shape index (κ3) is 1.92. The smallest absolute Gasteiger partial charge is 0.150 e. The molecule has 72 valence electrons. The van der Waals surface area contributed by atoms with Crippen LogP contribution in [-0.2, 0) is 9.84 Å². The van der Waals surface area contributed by atoms with Crippen LogP contribution in [0.1, 0.15) is 6.42 Å². The number of piperidine rings is 1. The molecule has 3 nitrogen and oxygen atoms in total. The van der Waals surface area contributed by atoms with E-state index in [1.165, 1.54) is 0 Å². The molecule has 2 unspecified atom stereocenters. The van der Waals surface area contributed by atoms with E-state index in [1.54, 1.807) is 0 Å². The van der Waals surface area contributed by atoms with Gasteiger partial charge in [0.05, 0.1) is 11.5 Å². The van der Waals surface area contributed by atoms with E-state index >= 15 is 0 Å². The fourth-order valence-corrected chi connectivity index (χ4v) is 4.38. The van der Waals surface area contributed by atoms with Gasteiger partial charge in [0.25, 0.3) is 0 Å². The minimum Gasteiger partial charge on any atom is -0.316 e. The Bertz CT molecular complexity index is 232. The Morgan fingerprint density at radius 2 is 1.83 bits per heavy atom. The first-order valence-corrected chi connectivity index (χ1v) is 5.91. The van der Waals surface area contributed by atoms with Crippen molar-refractivity contribution in [1.82, 2.24) is 5.32 Å². The third-order valence-corrected chi connectivity index (χ3v) is 4.57. The molecule has 2 saturated heterocycles. The zero-order valence-electron chi connectivity index (χ0n) is 6.82. The van der Waals surface area contributed by atoms with Gasteiger partial charge in [-0.2, -0.15) is 0 Å². The molecule has 0 spiro atoms. The number of hydrogen-bond donors (Lipinski definition) is 1. The normalized spacial score (nSPS) is 38.3. The highest BCUT2D eigenvalue weighted by atomic mass is 35.5. The highest BCUT2D eigenvalue weighted by Crippen LogP contribution is 2.29. The van der Waals surface area contributed by atoms with Crippen molar-refractivity contribution in [3.8, 4) is 0 Å². The molecule has 2 heterocycles. The first-order chi connectivity index (χ1) is 5.17. The Labute approximate surface area is 79.2 Å². The number of fused-ring (bicyclic) bond motifs is 1. The quantitative estimate of drug-likeness (QED) is 0.617. The van der Waals surface area contributed by atoms with Crippen molar-refractivity contribution in [2.24, 2.45) is 11.8 Å². The maximum Gasteiger partial charge on any atom is 0.150 e. The van der Waals surface area contributed by atoms with Crippen LogP contribution in [0.2, 0.25) is 0 Å². The van der Waals surface area contributed by atoms with Gasteiger partial charge in [0.2, 0.25) is 0 Å². The first-order valence-electron chi connectivity index (χ1n) is 4.08. The van der Waals surface area contributed by atoms with Crippen molar-refractivity contribution in [1.29, 1.82) is 0 Å². The summed E-state index contributed by atoms with van der Waals surface area (Å²) in [5, 5.41) is 3.23. The average Bonchev–Trinajstić information content (AvgIpc) is 2.21. The lowest BCUT2D eigenvalue weighted by Gasteiger charge is -2.23. The third-order valence-electron chi connectivity index (χ3n) is 2.70. The van der Waals surface area contributed by atoms with E-state index in [2.05, 4.69) is 5.32 Å². The number of hydrogen-bond acceptors (Lipinski definition) is 3. The van der Waals surface area contributed by atoms with Crippen LogP contribution in [0.15, 0.2) is 0 Å². The summed E-state index contributed by atoms with van der Waals surface area (Å²) in [4.78, 5) is 0. The second-order valence-corrected chi connectivity index (χ2v) is 5.74. The fourth-order valence-electron chi connectivity index (χ4n) is 2.11. The van der Waals surface area contributed by atoms with E-state index in [4.69, 9.17) is 0 Å². The van der Waals surface area contributed by atoms with Crippen LogP contribution >= 0.6 is 12.4 Å². The molecule has 12 heavy (non-hydrogen) atoms. The standard InChI is InChI=1S/C7H13NO2S.ClH/c9-11(10)4-6-1-2-8-3-7(6)5-11;/h6-8H,1-5H2;1H. The van der Waals surface area contributed by atoms with Crippen LogP contribution < -0.4 is 5.32 Å². The van der Waals surface area contributed by atoms with E-state index in [9.17, 15) is 8.42 Å². The molecule has 0 aromatic rings. The highest BCUT2D eigenvalue weighted by Gasteiger charge is 2.38. The van der Waals surface area contributed by atoms with E-state index < -0.39 is 9.84 Å². The molecule has 0 saturated carbocycles. The maximum absolute atomic E-state index is 11.2. The minimum atomic E-state index is -2.67. The first kappa shape index (κ1) is 10.3. The van der Waals surface area contributed by atoms with Crippen molar-refractivity contribution < 1.29 is 8.42 Å². The SMILES string of the molecule is Cl.O=S1(=O)CC2CCNCC2C1. The number of nitrogens with one attached hydrogen (secondary N) is 1. The molecule has 0 amide bonds. The van der Waals surface area contributed by atoms with E-state index in [1.807, 2.05) is 0 Å². The molecule has 2 aliphatic heterocycles. The number of sulfone groups is 1. The van der Waals surface area contributed by atoms with Gasteiger partial charge >= 0.3 is 0 Å². The van der Waals surface area contributed by atoms with Crippen LogP contribution in [0, 0.1) is 11.8 Å². The predicted molar refractivity (Wildman–Crippen MR) is 50.4 cm³/mol. The summed E-state index contributed by atoms with van der Waals surface area (Å²) < 4.78 is 22.3. The van der Waals surface area contributed by atoms with Gasteiger partial charge in [-0.15, -0.1) is 12.4 Å². The largest absolute Gasteiger partial charge is 0.316 e. The lowest BCUT2D eigenvalue weighted by Crippen LogP contribution is -2.35. The summed E-state index contributed by atoms with van der Waals surface area (Å²) in [6.07, 6.45) is 1.05. The van der Waals surface area contributed by atoms with Crippen molar-refractivity contribution in [2.75, 3.05) is 24.6 Å². The molecule has 2 fully saturated rings. The van der Waals surface area contributed by atoms with Gasteiger partial charge in [-0.05, 0) is 31.3 Å². The summed E-state index contributed by atoms with van der Waals surface area (Å²) in [6, 6.07) is 0. The maximum atomic E-state index is 11.2. The lowest BCUT2D eigenvalue weighted by atomic mass is 9.90. The molecular formula is C7H14ClNO2S. The van der Waals surface area contributed by atoms with Gasteiger partial charge < -0.3 is 5.32 Å². The van der Waals surface area contributed by atoms with Gasteiger partial charge in [-0.1, -0.05) is 0 Å². The Kier molecular flexibility index (Phi) is 3.01. The zero-order valence-corrected chi connectivity index (χ0v) is 8.46. The van der Waals surface area contributed by atoms with Crippen LogP contribution in [0.3, 0.4) is 0 Å². The molecule has 2 aliphatic rings. The van der Waals surface area contributed by atoms with Gasteiger partial charge in [-0.3, -0.25) is 0 Å². The van der Waals surface area contributed by atoms with E-state index in [0.29, 0.717) is 23.3 Å². The van der Waals surface area contributed by atoms with E-state index in [0.717, 1.165) is 19.5 Å². The summed E-state index contributed by atoms with van der Waals surface area (Å²) in [5.41, 5.74) is 0. The number of halogens is 1. The number of rotatable bonds is 0. The van der Waals surface area contributed by atoms with Crippen LogP contribution in [0.5, 0.6) is 0 Å². The predicted octanol–water partition coefficient (Wildman–Crippen LogP) is 0.0623. The monoisotopic (exact) mass is 211 g/mol. The molecule has 2 atom stereocenters. The molecule has 5 heteroatoms. The second-order valence-electron chi connectivity index (χ2n) is 3.59. The van der Waals surface area contributed by atoms with Gasteiger partial charge in [0.15, 0.2) is 9.84 Å². The fraction of sp³-hybridized carbons (Fsp3) is 1.00. The van der Waals surface area contributed by atoms with Gasteiger partial charge in [0, 0.05) is 0 Å². The Hall–Kier alpha value is 0.200. The molecule has 0 aliphatic carbocycles. The lowest BCUT2D eigenvalue weighted by molar-refractivity contribution is 0.318. The second kappa shape index (κ2) is 3.52. The van der Waals surface area contributed by atoms with Crippen molar-refractivity contribution in [2.45, 2.75) is 6.42 Å². The Balaban J connectivity index is 0.000000720. The molecule has 0 aromatic heterocycles. The highest BCUT2D eigenvalue weighted by molar-refractivity contribution is 7.91. The topological polar surface area (TPSA) is 46.2 Å². The molecular weight excluding hydrogens is 198 g/mol. The zero-order chi connectivity index (χ0) is 7.90. The van der Waals surface area contributed by atoms with Crippen LogP contribution in [-0.4, -0.2) is 33.0 Å². The van der Waals surface area contributed by atoms with Crippen molar-refractivity contribution >= 4 is 22.2 Å². The van der Waals surface area contributed by atoms with E-state index in [-0.39, 0.29) is 12.4 Å². The molecule has 0 bridgehead atoms. The Morgan fingerprint density at radius 1 is 1.17 bits per heavy atom. The average molecular weight is 212 g/mol. The molecule has 1 N–H and O–H groups in total. The minimum absolute atomic E-state index is 0. The van der Waals surface area contributed by atoms with Crippen molar-refractivity contribution in [3.63, 3.8) is 0 Å². The summed E-state index contributed by atoms with van der Waals surface area (Å²) in [5.74, 6) is 1.74. The van der Waals surface area contributed by atoms with Crippen LogP contribution in [0.4, 0.5) is 0 Å². The van der Waals surface area contributed by atoms with Gasteiger partial charge in [-0.25, -0.2) is 8.42 Å².